The highest BCUT2D eigenvalue weighted by Crippen LogP contribution is 2.26. The fourth-order valence-electron chi connectivity index (χ4n) is 2.58. The molecule has 2 rings (SSSR count). The number of likely N-dealkylation sites (N-methyl/N-ethyl adjacent to an activating group) is 1. The smallest absolute Gasteiger partial charge is 0.222 e. The molecule has 1 N–H and O–H groups in total. The second-order valence-electron chi connectivity index (χ2n) is 5.18. The molecule has 0 unspecified atom stereocenters. The van der Waals surface area contributed by atoms with Gasteiger partial charge in [-0.25, -0.2) is 0 Å². The first-order valence-corrected chi connectivity index (χ1v) is 7.75. The van der Waals surface area contributed by atoms with E-state index in [1.165, 1.54) is 0 Å². The molecule has 0 bridgehead atoms. The van der Waals surface area contributed by atoms with E-state index in [4.69, 9.17) is 23.2 Å². The standard InChI is InChI=1S/C15H20Cl2N2O/c1-18-12-5-3-9-19(10-12)14(20)8-7-11-4-2-6-13(16)15(11)17/h2,4,6,12,18H,3,5,7-10H2,1H3/t12-/m0/s1. The van der Waals surface area contributed by atoms with Crippen molar-refractivity contribution in [2.75, 3.05) is 20.1 Å². The Labute approximate surface area is 130 Å². The molecule has 20 heavy (non-hydrogen) atoms. The number of halogens is 2. The Kier molecular flexibility index (Phi) is 5.70. The molecule has 0 spiro atoms. The lowest BCUT2D eigenvalue weighted by Gasteiger charge is -2.32. The number of hydrogen-bond acceptors (Lipinski definition) is 2. The van der Waals surface area contributed by atoms with E-state index in [1.54, 1.807) is 6.07 Å². The van der Waals surface area contributed by atoms with Gasteiger partial charge < -0.3 is 10.2 Å². The lowest BCUT2D eigenvalue weighted by Crippen LogP contribution is -2.47. The molecule has 0 radical (unpaired) electrons. The van der Waals surface area contributed by atoms with Crippen LogP contribution in [0.25, 0.3) is 0 Å². The Balaban J connectivity index is 1.90. The van der Waals surface area contributed by atoms with Gasteiger partial charge in [0, 0.05) is 25.6 Å². The van der Waals surface area contributed by atoms with Crippen molar-refractivity contribution in [3.8, 4) is 0 Å². The zero-order chi connectivity index (χ0) is 14.5. The van der Waals surface area contributed by atoms with Gasteiger partial charge >= 0.3 is 0 Å². The summed E-state index contributed by atoms with van der Waals surface area (Å²) in [4.78, 5) is 14.2. The maximum atomic E-state index is 12.3. The Bertz CT molecular complexity index is 479. The van der Waals surface area contributed by atoms with Gasteiger partial charge in [-0.15, -0.1) is 0 Å². The van der Waals surface area contributed by atoms with Gasteiger partial charge in [0.05, 0.1) is 10.0 Å². The lowest BCUT2D eigenvalue weighted by atomic mass is 10.0. The summed E-state index contributed by atoms with van der Waals surface area (Å²) in [5.41, 5.74) is 0.940. The van der Waals surface area contributed by atoms with Crippen molar-refractivity contribution in [3.63, 3.8) is 0 Å². The van der Waals surface area contributed by atoms with Crippen LogP contribution >= 0.6 is 23.2 Å². The molecule has 110 valence electrons. The van der Waals surface area contributed by atoms with Crippen LogP contribution in [-0.2, 0) is 11.2 Å². The van der Waals surface area contributed by atoms with E-state index in [9.17, 15) is 4.79 Å². The number of carbonyl (C=O) groups excluding carboxylic acids is 1. The average Bonchev–Trinajstić information content (AvgIpc) is 2.48. The molecular weight excluding hydrogens is 295 g/mol. The molecule has 1 amide bonds. The number of nitrogens with zero attached hydrogens (tertiary/aromatic N) is 1. The Morgan fingerprint density at radius 1 is 1.45 bits per heavy atom. The minimum atomic E-state index is 0.195. The second kappa shape index (κ2) is 7.30. The molecule has 1 aliphatic heterocycles. The van der Waals surface area contributed by atoms with Crippen LogP contribution in [0.5, 0.6) is 0 Å². The summed E-state index contributed by atoms with van der Waals surface area (Å²) in [6.45, 7) is 1.67. The summed E-state index contributed by atoms with van der Waals surface area (Å²) < 4.78 is 0. The summed E-state index contributed by atoms with van der Waals surface area (Å²) in [7, 11) is 1.95. The van der Waals surface area contributed by atoms with Gasteiger partial charge in [0.2, 0.25) is 5.91 Å². The highest BCUT2D eigenvalue weighted by molar-refractivity contribution is 6.42. The Morgan fingerprint density at radius 2 is 2.25 bits per heavy atom. The van der Waals surface area contributed by atoms with Crippen LogP contribution in [0.3, 0.4) is 0 Å². The van der Waals surface area contributed by atoms with E-state index in [1.807, 2.05) is 24.1 Å². The fourth-order valence-corrected chi connectivity index (χ4v) is 3.00. The largest absolute Gasteiger partial charge is 0.341 e. The normalized spacial score (nSPS) is 19.1. The molecule has 1 fully saturated rings. The van der Waals surface area contributed by atoms with E-state index in [2.05, 4.69) is 5.32 Å². The molecule has 1 heterocycles. The summed E-state index contributed by atoms with van der Waals surface area (Å²) >= 11 is 12.1. The van der Waals surface area contributed by atoms with Crippen molar-refractivity contribution < 1.29 is 4.79 Å². The molecule has 1 aliphatic rings. The van der Waals surface area contributed by atoms with Crippen LogP contribution < -0.4 is 5.32 Å². The molecular formula is C15H20Cl2N2O. The molecule has 5 heteroatoms. The van der Waals surface area contributed by atoms with Gasteiger partial charge in [0.15, 0.2) is 0 Å². The van der Waals surface area contributed by atoms with E-state index < -0.39 is 0 Å². The van der Waals surface area contributed by atoms with Crippen LogP contribution in [0.4, 0.5) is 0 Å². The molecule has 0 aromatic heterocycles. The van der Waals surface area contributed by atoms with Crippen LogP contribution in [0, 0.1) is 0 Å². The van der Waals surface area contributed by atoms with Crippen molar-refractivity contribution >= 4 is 29.1 Å². The Morgan fingerprint density at radius 3 is 3.00 bits per heavy atom. The van der Waals surface area contributed by atoms with Gasteiger partial charge in [0.1, 0.15) is 0 Å². The minimum Gasteiger partial charge on any atom is -0.341 e. The van der Waals surface area contributed by atoms with Crippen molar-refractivity contribution in [3.05, 3.63) is 33.8 Å². The molecule has 1 saturated heterocycles. The number of rotatable bonds is 4. The fraction of sp³-hybridized carbons (Fsp3) is 0.533. The van der Waals surface area contributed by atoms with Gasteiger partial charge in [0.25, 0.3) is 0 Å². The third kappa shape index (κ3) is 3.87. The highest BCUT2D eigenvalue weighted by Gasteiger charge is 2.22. The predicted molar refractivity (Wildman–Crippen MR) is 83.4 cm³/mol. The van der Waals surface area contributed by atoms with Crippen LogP contribution in [-0.4, -0.2) is 37.0 Å². The SMILES string of the molecule is CN[C@H]1CCCN(C(=O)CCc2cccc(Cl)c2Cl)C1. The second-order valence-corrected chi connectivity index (χ2v) is 5.97. The number of likely N-dealkylation sites (tertiary alicyclic amines) is 1. The van der Waals surface area contributed by atoms with Crippen LogP contribution in [0.2, 0.25) is 10.0 Å². The highest BCUT2D eigenvalue weighted by atomic mass is 35.5. The molecule has 0 aliphatic carbocycles. The quantitative estimate of drug-likeness (QED) is 0.926. The number of carbonyl (C=O) groups is 1. The van der Waals surface area contributed by atoms with Gasteiger partial charge in [-0.1, -0.05) is 35.3 Å². The summed E-state index contributed by atoms with van der Waals surface area (Å²) in [5, 5.41) is 4.36. The number of piperidine rings is 1. The molecule has 3 nitrogen and oxygen atoms in total. The van der Waals surface area contributed by atoms with E-state index in [0.29, 0.717) is 28.9 Å². The zero-order valence-electron chi connectivity index (χ0n) is 11.7. The van der Waals surface area contributed by atoms with Crippen LogP contribution in [0.1, 0.15) is 24.8 Å². The van der Waals surface area contributed by atoms with Crippen molar-refractivity contribution in [2.45, 2.75) is 31.7 Å². The third-order valence-electron chi connectivity index (χ3n) is 3.82. The number of aryl methyl sites for hydroxylation is 1. The van der Waals surface area contributed by atoms with Gasteiger partial charge in [-0.3, -0.25) is 4.79 Å². The maximum Gasteiger partial charge on any atom is 0.222 e. The van der Waals surface area contributed by atoms with E-state index in [-0.39, 0.29) is 5.91 Å². The predicted octanol–water partition coefficient (Wildman–Crippen LogP) is 3.14. The number of benzene rings is 1. The summed E-state index contributed by atoms with van der Waals surface area (Å²) in [5.74, 6) is 0.195. The molecule has 1 atom stereocenters. The van der Waals surface area contributed by atoms with Gasteiger partial charge in [-0.2, -0.15) is 0 Å². The van der Waals surface area contributed by atoms with Crippen molar-refractivity contribution in [2.24, 2.45) is 0 Å². The third-order valence-corrected chi connectivity index (χ3v) is 4.68. The minimum absolute atomic E-state index is 0.195. The first-order valence-electron chi connectivity index (χ1n) is 6.99. The lowest BCUT2D eigenvalue weighted by molar-refractivity contribution is -0.132. The summed E-state index contributed by atoms with van der Waals surface area (Å²) in [6, 6.07) is 5.97. The number of amides is 1. The number of nitrogens with one attached hydrogen (secondary N) is 1. The van der Waals surface area contributed by atoms with Crippen molar-refractivity contribution in [1.82, 2.24) is 10.2 Å². The first kappa shape index (κ1) is 15.6. The summed E-state index contributed by atoms with van der Waals surface area (Å²) in [6.07, 6.45) is 3.32. The van der Waals surface area contributed by atoms with E-state index >= 15 is 0 Å². The first-order chi connectivity index (χ1) is 9.61. The zero-order valence-corrected chi connectivity index (χ0v) is 13.2. The maximum absolute atomic E-state index is 12.3. The molecule has 1 aromatic carbocycles. The van der Waals surface area contributed by atoms with Gasteiger partial charge in [-0.05, 0) is 37.9 Å². The number of hydrogen-bond donors (Lipinski definition) is 1. The Hall–Kier alpha value is -0.770. The molecule has 1 aromatic rings. The average molecular weight is 315 g/mol. The topological polar surface area (TPSA) is 32.3 Å². The monoisotopic (exact) mass is 314 g/mol. The van der Waals surface area contributed by atoms with Crippen molar-refractivity contribution in [1.29, 1.82) is 0 Å². The van der Waals surface area contributed by atoms with Crippen LogP contribution in [0.15, 0.2) is 18.2 Å². The van der Waals surface area contributed by atoms with E-state index in [0.717, 1.165) is 31.5 Å². The molecule has 0 saturated carbocycles.